The molecule has 0 spiro atoms. The summed E-state index contributed by atoms with van der Waals surface area (Å²) in [7, 11) is 0. The van der Waals surface area contributed by atoms with E-state index in [0.717, 1.165) is 48.8 Å². The molecule has 1 aromatic carbocycles. The van der Waals surface area contributed by atoms with Gasteiger partial charge >= 0.3 is 0 Å². The van der Waals surface area contributed by atoms with Crippen LogP contribution in [-0.2, 0) is 0 Å². The van der Waals surface area contributed by atoms with Crippen LogP contribution in [0.2, 0.25) is 0 Å². The lowest BCUT2D eigenvalue weighted by Gasteiger charge is -2.38. The number of aromatic hydroxyl groups is 1. The molecule has 1 saturated heterocycles. The van der Waals surface area contributed by atoms with Crippen LogP contribution in [0.25, 0.3) is 0 Å². The number of thiocarbonyl (C=S) groups is 1. The standard InChI is InChI=1S/C18H25N3OS/c22-16-3-1-2-15(12-16)20-6-8-21(9-7-20)18(23)19-17-11-13-4-5-14(17)10-13/h1-3,12-14,17,22H,4-11H2,(H,19,23)/t13-,14+,17+/m1/s1. The molecule has 0 aromatic heterocycles. The van der Waals surface area contributed by atoms with Crippen LogP contribution in [0.4, 0.5) is 5.69 Å². The lowest BCUT2D eigenvalue weighted by Crippen LogP contribution is -2.54. The number of piperazine rings is 1. The molecule has 23 heavy (non-hydrogen) atoms. The molecule has 4 rings (SSSR count). The van der Waals surface area contributed by atoms with E-state index >= 15 is 0 Å². The van der Waals surface area contributed by atoms with Crippen LogP contribution in [0.5, 0.6) is 5.75 Å². The Bertz CT molecular complexity index is 585. The van der Waals surface area contributed by atoms with Gasteiger partial charge in [0.1, 0.15) is 5.75 Å². The van der Waals surface area contributed by atoms with E-state index in [1.165, 1.54) is 25.7 Å². The molecule has 3 aliphatic rings. The van der Waals surface area contributed by atoms with Gasteiger partial charge in [-0.05, 0) is 55.4 Å². The van der Waals surface area contributed by atoms with E-state index in [-0.39, 0.29) is 0 Å². The summed E-state index contributed by atoms with van der Waals surface area (Å²) in [5.41, 5.74) is 1.09. The highest BCUT2D eigenvalue weighted by Crippen LogP contribution is 2.44. The van der Waals surface area contributed by atoms with Gasteiger partial charge in [-0.1, -0.05) is 12.5 Å². The second kappa shape index (κ2) is 6.19. The van der Waals surface area contributed by atoms with Crippen molar-refractivity contribution < 1.29 is 5.11 Å². The normalized spacial score (nSPS) is 29.8. The molecule has 4 nitrogen and oxygen atoms in total. The predicted octanol–water partition coefficient (Wildman–Crippen LogP) is 2.58. The van der Waals surface area contributed by atoms with E-state index in [4.69, 9.17) is 12.2 Å². The van der Waals surface area contributed by atoms with Crippen molar-refractivity contribution in [1.29, 1.82) is 0 Å². The van der Waals surface area contributed by atoms with E-state index in [0.29, 0.717) is 11.8 Å². The van der Waals surface area contributed by atoms with Crippen LogP contribution in [0.3, 0.4) is 0 Å². The minimum atomic E-state index is 0.332. The highest BCUT2D eigenvalue weighted by atomic mass is 32.1. The Labute approximate surface area is 143 Å². The molecular weight excluding hydrogens is 306 g/mol. The fourth-order valence-electron chi connectivity index (χ4n) is 4.53. The summed E-state index contributed by atoms with van der Waals surface area (Å²) in [6, 6.07) is 8.13. The van der Waals surface area contributed by atoms with Gasteiger partial charge < -0.3 is 20.2 Å². The molecule has 3 fully saturated rings. The number of nitrogens with one attached hydrogen (secondary N) is 1. The minimum Gasteiger partial charge on any atom is -0.508 e. The topological polar surface area (TPSA) is 38.7 Å². The maximum absolute atomic E-state index is 9.63. The Morgan fingerprint density at radius 3 is 2.61 bits per heavy atom. The first-order valence-corrected chi connectivity index (χ1v) is 9.19. The second-order valence-corrected chi connectivity index (χ2v) is 7.61. The molecule has 5 heteroatoms. The van der Waals surface area contributed by atoms with Gasteiger partial charge in [0.25, 0.3) is 0 Å². The quantitative estimate of drug-likeness (QED) is 0.815. The molecule has 2 saturated carbocycles. The number of benzene rings is 1. The van der Waals surface area contributed by atoms with Gasteiger partial charge in [0, 0.05) is 44.0 Å². The molecule has 124 valence electrons. The van der Waals surface area contributed by atoms with Crippen molar-refractivity contribution in [2.45, 2.75) is 31.7 Å². The van der Waals surface area contributed by atoms with E-state index in [1.807, 2.05) is 12.1 Å². The first-order chi connectivity index (χ1) is 11.2. The zero-order valence-electron chi connectivity index (χ0n) is 13.4. The van der Waals surface area contributed by atoms with Crippen LogP contribution >= 0.6 is 12.2 Å². The summed E-state index contributed by atoms with van der Waals surface area (Å²) in [4.78, 5) is 4.62. The smallest absolute Gasteiger partial charge is 0.169 e. The van der Waals surface area contributed by atoms with Crippen molar-refractivity contribution in [2.24, 2.45) is 11.8 Å². The van der Waals surface area contributed by atoms with Crippen molar-refractivity contribution in [3.8, 4) is 5.75 Å². The van der Waals surface area contributed by atoms with Crippen LogP contribution in [0.1, 0.15) is 25.7 Å². The Balaban J connectivity index is 1.30. The maximum atomic E-state index is 9.63. The molecule has 2 N–H and O–H groups in total. The molecule has 1 heterocycles. The Morgan fingerprint density at radius 2 is 1.96 bits per heavy atom. The van der Waals surface area contributed by atoms with Gasteiger partial charge in [-0.25, -0.2) is 0 Å². The molecule has 0 amide bonds. The number of fused-ring (bicyclic) bond motifs is 2. The van der Waals surface area contributed by atoms with Crippen LogP contribution in [-0.4, -0.2) is 47.3 Å². The van der Waals surface area contributed by atoms with Crippen molar-refractivity contribution in [3.05, 3.63) is 24.3 Å². The van der Waals surface area contributed by atoms with Crippen molar-refractivity contribution in [2.75, 3.05) is 31.1 Å². The number of anilines is 1. The Kier molecular flexibility index (Phi) is 4.05. The predicted molar refractivity (Wildman–Crippen MR) is 96.9 cm³/mol. The van der Waals surface area contributed by atoms with E-state index in [2.05, 4.69) is 21.2 Å². The van der Waals surface area contributed by atoms with Crippen molar-refractivity contribution in [3.63, 3.8) is 0 Å². The molecular formula is C18H25N3OS. The van der Waals surface area contributed by atoms with Crippen LogP contribution in [0, 0.1) is 11.8 Å². The summed E-state index contributed by atoms with van der Waals surface area (Å²) in [5, 5.41) is 14.2. The molecule has 3 atom stereocenters. The summed E-state index contributed by atoms with van der Waals surface area (Å²) < 4.78 is 0. The number of phenolic OH excluding ortho intramolecular Hbond substituents is 1. The lowest BCUT2D eigenvalue weighted by atomic mass is 9.95. The maximum Gasteiger partial charge on any atom is 0.169 e. The lowest BCUT2D eigenvalue weighted by molar-refractivity contribution is 0.345. The van der Waals surface area contributed by atoms with Crippen LogP contribution in [0.15, 0.2) is 24.3 Å². The van der Waals surface area contributed by atoms with E-state index < -0.39 is 0 Å². The third kappa shape index (κ3) is 3.11. The molecule has 2 bridgehead atoms. The number of nitrogens with zero attached hydrogens (tertiary/aromatic N) is 2. The van der Waals surface area contributed by atoms with Gasteiger partial charge in [-0.15, -0.1) is 0 Å². The van der Waals surface area contributed by atoms with E-state index in [9.17, 15) is 5.11 Å². The largest absolute Gasteiger partial charge is 0.508 e. The monoisotopic (exact) mass is 331 g/mol. The third-order valence-electron chi connectivity index (χ3n) is 5.81. The Morgan fingerprint density at radius 1 is 1.13 bits per heavy atom. The van der Waals surface area contributed by atoms with Gasteiger partial charge in [0.15, 0.2) is 5.11 Å². The number of hydrogen-bond acceptors (Lipinski definition) is 3. The van der Waals surface area contributed by atoms with Gasteiger partial charge in [-0.3, -0.25) is 0 Å². The second-order valence-electron chi connectivity index (χ2n) is 7.22. The zero-order chi connectivity index (χ0) is 15.8. The van der Waals surface area contributed by atoms with Gasteiger partial charge in [0.2, 0.25) is 0 Å². The summed E-state index contributed by atoms with van der Waals surface area (Å²) in [5.74, 6) is 2.13. The van der Waals surface area contributed by atoms with E-state index in [1.54, 1.807) is 6.07 Å². The highest BCUT2D eigenvalue weighted by molar-refractivity contribution is 7.80. The first-order valence-electron chi connectivity index (χ1n) is 8.78. The van der Waals surface area contributed by atoms with Gasteiger partial charge in [-0.2, -0.15) is 0 Å². The average Bonchev–Trinajstić information content (AvgIpc) is 3.18. The SMILES string of the molecule is Oc1cccc(N2CCN(C(=S)N[C@H]3C[C@@H]4CC[C@H]3C4)CC2)c1. The van der Waals surface area contributed by atoms with Crippen molar-refractivity contribution >= 4 is 23.0 Å². The Hall–Kier alpha value is -1.49. The summed E-state index contributed by atoms with van der Waals surface area (Å²) in [6.07, 6.45) is 5.54. The fourth-order valence-corrected chi connectivity index (χ4v) is 4.86. The number of rotatable bonds is 2. The number of hydrogen-bond donors (Lipinski definition) is 2. The summed E-state index contributed by atoms with van der Waals surface area (Å²) in [6.45, 7) is 3.79. The summed E-state index contributed by atoms with van der Waals surface area (Å²) >= 11 is 5.66. The van der Waals surface area contributed by atoms with Crippen molar-refractivity contribution in [1.82, 2.24) is 10.2 Å². The highest BCUT2D eigenvalue weighted by Gasteiger charge is 2.40. The number of phenols is 1. The minimum absolute atomic E-state index is 0.332. The third-order valence-corrected chi connectivity index (χ3v) is 6.18. The fraction of sp³-hybridized carbons (Fsp3) is 0.611. The first kappa shape index (κ1) is 15.1. The van der Waals surface area contributed by atoms with Gasteiger partial charge in [0.05, 0.1) is 0 Å². The molecule has 0 unspecified atom stereocenters. The average molecular weight is 331 g/mol. The molecule has 0 radical (unpaired) electrons. The van der Waals surface area contributed by atoms with Crippen LogP contribution < -0.4 is 10.2 Å². The molecule has 1 aliphatic heterocycles. The molecule has 2 aliphatic carbocycles. The zero-order valence-corrected chi connectivity index (χ0v) is 14.3. The molecule has 1 aromatic rings.